The lowest BCUT2D eigenvalue weighted by Gasteiger charge is -2.05. The largest absolute Gasteiger partial charge is 0.381 e. The van der Waals surface area contributed by atoms with E-state index in [0.29, 0.717) is 6.54 Å². The zero-order valence-corrected chi connectivity index (χ0v) is 9.72. The molecule has 0 radical (unpaired) electrons. The molecule has 1 aliphatic rings. The lowest BCUT2D eigenvalue weighted by Crippen LogP contribution is -2.14. The molecule has 1 aromatic heterocycles. The van der Waals surface area contributed by atoms with E-state index in [1.165, 1.54) is 12.8 Å². The third-order valence-corrected chi connectivity index (χ3v) is 2.65. The van der Waals surface area contributed by atoms with E-state index in [-0.39, 0.29) is 0 Å². The van der Waals surface area contributed by atoms with Gasteiger partial charge in [0.25, 0.3) is 0 Å². The molecule has 1 heterocycles. The number of hydrogen-bond acceptors (Lipinski definition) is 5. The van der Waals surface area contributed by atoms with Crippen molar-refractivity contribution in [1.29, 1.82) is 0 Å². The van der Waals surface area contributed by atoms with Crippen molar-refractivity contribution in [3.8, 4) is 0 Å². The fraction of sp³-hybridized carbons (Fsp3) is 0.900. The topological polar surface area (TPSA) is 64.9 Å². The maximum Gasteiger partial charge on any atom is 0.165 e. The van der Waals surface area contributed by atoms with Crippen LogP contribution in [0.2, 0.25) is 0 Å². The molecule has 6 nitrogen and oxygen atoms in total. The summed E-state index contributed by atoms with van der Waals surface area (Å²) in [6, 6.07) is 0. The van der Waals surface area contributed by atoms with Gasteiger partial charge in [-0.1, -0.05) is 0 Å². The van der Waals surface area contributed by atoms with Crippen LogP contribution < -0.4 is 5.32 Å². The molecule has 1 aliphatic carbocycles. The predicted molar refractivity (Wildman–Crippen MR) is 58.7 cm³/mol. The zero-order valence-electron chi connectivity index (χ0n) is 9.72. The SMILES string of the molecule is CNCc1nnnn1CCCOCC1CC1. The molecule has 2 rings (SSSR count). The van der Waals surface area contributed by atoms with Crippen molar-refractivity contribution in [3.05, 3.63) is 5.82 Å². The smallest absolute Gasteiger partial charge is 0.165 e. The molecule has 1 fully saturated rings. The Labute approximate surface area is 95.4 Å². The number of aromatic nitrogens is 4. The molecule has 1 aromatic rings. The summed E-state index contributed by atoms with van der Waals surface area (Å²) in [4.78, 5) is 0. The highest BCUT2D eigenvalue weighted by Gasteiger charge is 2.20. The first-order valence-electron chi connectivity index (χ1n) is 5.87. The number of nitrogens with zero attached hydrogens (tertiary/aromatic N) is 4. The van der Waals surface area contributed by atoms with E-state index in [1.807, 2.05) is 11.7 Å². The summed E-state index contributed by atoms with van der Waals surface area (Å²) in [6.45, 7) is 3.26. The molecular weight excluding hydrogens is 206 g/mol. The van der Waals surface area contributed by atoms with Crippen LogP contribution in [0.5, 0.6) is 0 Å². The van der Waals surface area contributed by atoms with E-state index in [4.69, 9.17) is 4.74 Å². The Balaban J connectivity index is 1.61. The molecule has 0 atom stereocenters. The van der Waals surface area contributed by atoms with E-state index in [9.17, 15) is 0 Å². The maximum atomic E-state index is 5.56. The molecule has 90 valence electrons. The first kappa shape index (κ1) is 11.5. The average Bonchev–Trinajstić information content (AvgIpc) is 3.00. The third-order valence-electron chi connectivity index (χ3n) is 2.65. The molecule has 0 amide bonds. The number of aryl methyl sites for hydroxylation is 1. The van der Waals surface area contributed by atoms with E-state index in [2.05, 4.69) is 20.8 Å². The Morgan fingerprint density at radius 2 is 2.38 bits per heavy atom. The van der Waals surface area contributed by atoms with Crippen LogP contribution in [-0.4, -0.2) is 40.5 Å². The normalized spacial score (nSPS) is 15.6. The van der Waals surface area contributed by atoms with Crippen LogP contribution in [0.1, 0.15) is 25.1 Å². The highest BCUT2D eigenvalue weighted by Crippen LogP contribution is 2.28. The molecule has 0 spiro atoms. The summed E-state index contributed by atoms with van der Waals surface area (Å²) in [5.74, 6) is 1.72. The summed E-state index contributed by atoms with van der Waals surface area (Å²) in [6.07, 6.45) is 3.66. The fourth-order valence-corrected chi connectivity index (χ4v) is 1.53. The summed E-state index contributed by atoms with van der Waals surface area (Å²) in [5.41, 5.74) is 0. The second-order valence-corrected chi connectivity index (χ2v) is 4.22. The highest BCUT2D eigenvalue weighted by molar-refractivity contribution is 4.78. The van der Waals surface area contributed by atoms with E-state index in [0.717, 1.165) is 37.9 Å². The summed E-state index contributed by atoms with van der Waals surface area (Å²) >= 11 is 0. The van der Waals surface area contributed by atoms with Gasteiger partial charge < -0.3 is 10.1 Å². The third kappa shape index (κ3) is 3.53. The van der Waals surface area contributed by atoms with Gasteiger partial charge in [0.1, 0.15) is 0 Å². The molecule has 1 N–H and O–H groups in total. The maximum absolute atomic E-state index is 5.56. The quantitative estimate of drug-likeness (QED) is 0.641. The van der Waals surface area contributed by atoms with Gasteiger partial charge in [0.15, 0.2) is 5.82 Å². The van der Waals surface area contributed by atoms with E-state index >= 15 is 0 Å². The van der Waals surface area contributed by atoms with Crippen LogP contribution >= 0.6 is 0 Å². The molecule has 0 unspecified atom stereocenters. The number of hydrogen-bond donors (Lipinski definition) is 1. The molecule has 6 heteroatoms. The van der Waals surface area contributed by atoms with Crippen molar-refractivity contribution in [2.75, 3.05) is 20.3 Å². The van der Waals surface area contributed by atoms with Gasteiger partial charge in [0, 0.05) is 19.8 Å². The Kier molecular flexibility index (Phi) is 4.24. The summed E-state index contributed by atoms with van der Waals surface area (Å²) < 4.78 is 7.39. The Bertz CT molecular complexity index is 310. The van der Waals surface area contributed by atoms with Crippen LogP contribution in [0, 0.1) is 5.92 Å². The standard InChI is InChI=1S/C10H19N5O/c1-11-7-10-12-13-14-15(10)5-2-6-16-8-9-3-4-9/h9,11H,2-8H2,1H3. The van der Waals surface area contributed by atoms with Gasteiger partial charge in [-0.2, -0.15) is 0 Å². The minimum Gasteiger partial charge on any atom is -0.381 e. The molecule has 0 aliphatic heterocycles. The van der Waals surface area contributed by atoms with Crippen molar-refractivity contribution in [2.45, 2.75) is 32.4 Å². The van der Waals surface area contributed by atoms with Gasteiger partial charge in [-0.25, -0.2) is 4.68 Å². The van der Waals surface area contributed by atoms with Crippen LogP contribution in [-0.2, 0) is 17.8 Å². The van der Waals surface area contributed by atoms with Gasteiger partial charge in [-0.05, 0) is 42.7 Å². The number of ether oxygens (including phenoxy) is 1. The fourth-order valence-electron chi connectivity index (χ4n) is 1.53. The van der Waals surface area contributed by atoms with Crippen molar-refractivity contribution in [3.63, 3.8) is 0 Å². The molecule has 1 saturated carbocycles. The Hall–Kier alpha value is -1.01. The van der Waals surface area contributed by atoms with E-state index < -0.39 is 0 Å². The molecular formula is C10H19N5O. The molecule has 0 saturated heterocycles. The van der Waals surface area contributed by atoms with E-state index in [1.54, 1.807) is 0 Å². The summed E-state index contributed by atoms with van der Waals surface area (Å²) in [7, 11) is 1.89. The number of rotatable bonds is 8. The lowest BCUT2D eigenvalue weighted by atomic mass is 10.4. The zero-order chi connectivity index (χ0) is 11.2. The highest BCUT2D eigenvalue weighted by atomic mass is 16.5. The number of nitrogens with one attached hydrogen (secondary N) is 1. The van der Waals surface area contributed by atoms with Crippen molar-refractivity contribution in [2.24, 2.45) is 5.92 Å². The van der Waals surface area contributed by atoms with Gasteiger partial charge in [-0.3, -0.25) is 0 Å². The monoisotopic (exact) mass is 225 g/mol. The van der Waals surface area contributed by atoms with Crippen molar-refractivity contribution in [1.82, 2.24) is 25.5 Å². The molecule has 0 aromatic carbocycles. The van der Waals surface area contributed by atoms with Gasteiger partial charge in [-0.15, -0.1) is 5.10 Å². The Morgan fingerprint density at radius 1 is 1.50 bits per heavy atom. The van der Waals surface area contributed by atoms with Gasteiger partial charge in [0.05, 0.1) is 6.54 Å². The second kappa shape index (κ2) is 5.91. The Morgan fingerprint density at radius 3 is 3.12 bits per heavy atom. The van der Waals surface area contributed by atoms with Crippen LogP contribution in [0.3, 0.4) is 0 Å². The first-order chi connectivity index (χ1) is 7.90. The lowest BCUT2D eigenvalue weighted by molar-refractivity contribution is 0.118. The minimum absolute atomic E-state index is 0.704. The van der Waals surface area contributed by atoms with Crippen molar-refractivity contribution < 1.29 is 4.74 Å². The predicted octanol–water partition coefficient (Wildman–Crippen LogP) is 0.209. The van der Waals surface area contributed by atoms with Crippen molar-refractivity contribution >= 4 is 0 Å². The molecule has 16 heavy (non-hydrogen) atoms. The van der Waals surface area contributed by atoms with Gasteiger partial charge in [0.2, 0.25) is 0 Å². The number of tetrazole rings is 1. The molecule has 0 bridgehead atoms. The second-order valence-electron chi connectivity index (χ2n) is 4.22. The van der Waals surface area contributed by atoms with Crippen LogP contribution in [0.25, 0.3) is 0 Å². The first-order valence-corrected chi connectivity index (χ1v) is 5.87. The van der Waals surface area contributed by atoms with Crippen LogP contribution in [0.15, 0.2) is 0 Å². The van der Waals surface area contributed by atoms with Crippen LogP contribution in [0.4, 0.5) is 0 Å². The minimum atomic E-state index is 0.704. The van der Waals surface area contributed by atoms with Gasteiger partial charge >= 0.3 is 0 Å². The summed E-state index contributed by atoms with van der Waals surface area (Å²) in [5, 5.41) is 14.6. The average molecular weight is 225 g/mol.